The first-order chi connectivity index (χ1) is 18.7. The molecule has 0 unspecified atom stereocenters. The van der Waals surface area contributed by atoms with E-state index in [0.29, 0.717) is 33.6 Å². The normalized spacial score (nSPS) is 11.1. The monoisotopic (exact) mass is 615 g/mol. The number of benzene rings is 2. The zero-order valence-corrected chi connectivity index (χ0v) is 23.8. The molecule has 4 rings (SSSR count). The van der Waals surface area contributed by atoms with Crippen LogP contribution in [0.1, 0.15) is 58.9 Å². The number of rotatable bonds is 11. The molecule has 4 aromatic rings. The zero-order chi connectivity index (χ0) is 28.1. The Bertz CT molecular complexity index is 1540. The van der Waals surface area contributed by atoms with E-state index < -0.39 is 17.8 Å². The first-order valence-corrected chi connectivity index (χ1v) is 13.6. The number of aryl methyl sites for hydroxylation is 1. The number of carbonyl (C=O) groups is 3. The largest absolute Gasteiger partial charge is 0.478 e. The summed E-state index contributed by atoms with van der Waals surface area (Å²) < 4.78 is 13.3. The first kappa shape index (κ1) is 28.4. The molecule has 9 nitrogen and oxygen atoms in total. The number of unbranched alkanes of at least 4 members (excludes halogenated alkanes) is 1. The molecular weight excluding hydrogens is 590 g/mol. The van der Waals surface area contributed by atoms with Crippen LogP contribution in [0, 0.1) is 0 Å². The van der Waals surface area contributed by atoms with Gasteiger partial charge in [-0.25, -0.2) is 9.78 Å². The average Bonchev–Trinajstić information content (AvgIpc) is 3.41. The molecule has 0 fully saturated rings. The number of nitrogens with one attached hydrogen (secondary N) is 1. The Balaban J connectivity index is 1.71. The highest BCUT2D eigenvalue weighted by atomic mass is 79.9. The Hall–Kier alpha value is -3.63. The van der Waals surface area contributed by atoms with Crippen LogP contribution >= 0.6 is 27.5 Å². The number of carboxylic acid groups (broad SMARTS) is 1. The Morgan fingerprint density at radius 3 is 2.67 bits per heavy atom. The fourth-order valence-corrected chi connectivity index (χ4v) is 5.15. The Kier molecular flexibility index (Phi) is 9.08. The summed E-state index contributed by atoms with van der Waals surface area (Å²) in [6.07, 6.45) is 2.41. The van der Waals surface area contributed by atoms with Crippen LogP contribution in [0.25, 0.3) is 22.3 Å². The van der Waals surface area contributed by atoms with Gasteiger partial charge in [0.1, 0.15) is 29.4 Å². The molecule has 11 heteroatoms. The number of furan rings is 1. The van der Waals surface area contributed by atoms with Crippen molar-refractivity contribution in [3.63, 3.8) is 0 Å². The summed E-state index contributed by atoms with van der Waals surface area (Å²) in [5, 5.41) is 13.0. The molecular formula is C28H27BrClN3O6. The van der Waals surface area contributed by atoms with Crippen molar-refractivity contribution in [2.75, 3.05) is 13.2 Å². The number of aromatic nitrogens is 2. The number of aromatic carboxylic acids is 1. The van der Waals surface area contributed by atoms with Gasteiger partial charge < -0.3 is 24.1 Å². The molecule has 0 saturated heterocycles. The van der Waals surface area contributed by atoms with Crippen molar-refractivity contribution < 1.29 is 28.6 Å². The van der Waals surface area contributed by atoms with Gasteiger partial charge in [-0.3, -0.25) is 9.59 Å². The Morgan fingerprint density at radius 1 is 1.18 bits per heavy atom. The van der Waals surface area contributed by atoms with Crippen molar-refractivity contribution in [2.45, 2.75) is 39.7 Å². The van der Waals surface area contributed by atoms with Crippen molar-refractivity contribution in [1.29, 1.82) is 0 Å². The second-order valence-electron chi connectivity index (χ2n) is 8.77. The van der Waals surface area contributed by atoms with Crippen molar-refractivity contribution in [3.8, 4) is 11.3 Å². The highest BCUT2D eigenvalue weighted by Crippen LogP contribution is 2.39. The van der Waals surface area contributed by atoms with Gasteiger partial charge in [0.25, 0.3) is 5.91 Å². The smallest absolute Gasteiger partial charge is 0.336 e. The molecule has 1 amide bonds. The molecule has 0 spiro atoms. The summed E-state index contributed by atoms with van der Waals surface area (Å²) >= 11 is 10.0. The Labute approximate surface area is 238 Å². The second-order valence-corrected chi connectivity index (χ2v) is 9.92. The van der Waals surface area contributed by atoms with Crippen LogP contribution in [0.15, 0.2) is 51.4 Å². The van der Waals surface area contributed by atoms with Crippen LogP contribution in [0.5, 0.6) is 0 Å². The summed E-state index contributed by atoms with van der Waals surface area (Å²) in [6, 6.07) is 12.2. The van der Waals surface area contributed by atoms with Gasteiger partial charge in [-0.05, 0) is 53.0 Å². The number of ether oxygens (including phenoxy) is 1. The van der Waals surface area contributed by atoms with E-state index in [1.165, 1.54) is 6.07 Å². The van der Waals surface area contributed by atoms with Gasteiger partial charge in [-0.2, -0.15) is 0 Å². The second kappa shape index (κ2) is 12.5. The first-order valence-electron chi connectivity index (χ1n) is 12.5. The van der Waals surface area contributed by atoms with Crippen LogP contribution in [0.3, 0.4) is 0 Å². The summed E-state index contributed by atoms with van der Waals surface area (Å²) in [6.45, 7) is 3.97. The van der Waals surface area contributed by atoms with Gasteiger partial charge in [0.05, 0.1) is 16.6 Å². The Morgan fingerprint density at radius 2 is 1.95 bits per heavy atom. The molecule has 39 heavy (non-hydrogen) atoms. The lowest BCUT2D eigenvalue weighted by Gasteiger charge is -2.13. The summed E-state index contributed by atoms with van der Waals surface area (Å²) in [5.74, 6) is -1.06. The van der Waals surface area contributed by atoms with Crippen molar-refractivity contribution in [1.82, 2.24) is 14.9 Å². The molecule has 0 aliphatic carbocycles. The minimum absolute atomic E-state index is 0.0561. The van der Waals surface area contributed by atoms with Gasteiger partial charge >= 0.3 is 11.9 Å². The number of fused-ring (bicyclic) bond motifs is 1. The van der Waals surface area contributed by atoms with Crippen molar-refractivity contribution in [2.24, 2.45) is 0 Å². The summed E-state index contributed by atoms with van der Waals surface area (Å²) in [4.78, 5) is 41.0. The van der Waals surface area contributed by atoms with Gasteiger partial charge in [0.15, 0.2) is 5.15 Å². The van der Waals surface area contributed by atoms with E-state index in [4.69, 9.17) is 20.8 Å². The van der Waals surface area contributed by atoms with Crippen LogP contribution in [0.4, 0.5) is 0 Å². The topological polar surface area (TPSA) is 124 Å². The van der Waals surface area contributed by atoms with E-state index >= 15 is 0 Å². The number of hydrogen-bond acceptors (Lipinski definition) is 6. The maximum atomic E-state index is 13.1. The number of nitrogens with zero attached hydrogens (tertiary/aromatic N) is 2. The number of carboxylic acids is 1. The van der Waals surface area contributed by atoms with Crippen LogP contribution < -0.4 is 5.32 Å². The minimum Gasteiger partial charge on any atom is -0.478 e. The SMILES string of the molecule is CCCCc1nc(Cl)c(C(=O)NCC(=O)OCC)n1Cc1ccc2oc(-c3ccccc3C(=O)O)c(Br)c2c1. The van der Waals surface area contributed by atoms with E-state index in [1.807, 2.05) is 12.1 Å². The maximum Gasteiger partial charge on any atom is 0.336 e. The summed E-state index contributed by atoms with van der Waals surface area (Å²) in [5.41, 5.74) is 2.16. The van der Waals surface area contributed by atoms with E-state index in [0.717, 1.165) is 23.8 Å². The lowest BCUT2D eigenvalue weighted by Crippen LogP contribution is -2.32. The highest BCUT2D eigenvalue weighted by molar-refractivity contribution is 9.10. The predicted octanol–water partition coefficient (Wildman–Crippen LogP) is 6.09. The lowest BCUT2D eigenvalue weighted by molar-refractivity contribution is -0.141. The third kappa shape index (κ3) is 6.17. The van der Waals surface area contributed by atoms with E-state index in [2.05, 4.69) is 33.2 Å². The molecule has 0 atom stereocenters. The standard InChI is InChI=1S/C28H27BrClN3O6/c1-3-5-10-21-32-26(30)24(27(35)31-14-22(34)38-4-2)33(21)15-16-11-12-20-19(13-16)23(29)25(39-20)17-8-6-7-9-18(17)28(36)37/h6-9,11-13H,3-5,10,14-15H2,1-2H3,(H,31,35)(H,36,37). The third-order valence-corrected chi connectivity index (χ3v) is 7.16. The van der Waals surface area contributed by atoms with Crippen LogP contribution in [-0.2, 0) is 22.5 Å². The van der Waals surface area contributed by atoms with Gasteiger partial charge in [-0.1, -0.05) is 49.2 Å². The third-order valence-electron chi connectivity index (χ3n) is 6.11. The van der Waals surface area contributed by atoms with E-state index in [1.54, 1.807) is 35.8 Å². The average molecular weight is 617 g/mol. The fraction of sp³-hybridized carbons (Fsp3) is 0.286. The van der Waals surface area contributed by atoms with Gasteiger partial charge in [0, 0.05) is 23.9 Å². The molecule has 204 valence electrons. The molecule has 0 aliphatic heterocycles. The summed E-state index contributed by atoms with van der Waals surface area (Å²) in [7, 11) is 0. The number of amides is 1. The maximum absolute atomic E-state index is 13.1. The number of imidazole rings is 1. The fourth-order valence-electron chi connectivity index (χ4n) is 4.26. The van der Waals surface area contributed by atoms with Crippen LogP contribution in [0.2, 0.25) is 5.15 Å². The number of carbonyl (C=O) groups excluding carboxylic acids is 2. The van der Waals surface area contributed by atoms with Crippen molar-refractivity contribution >= 4 is 56.3 Å². The van der Waals surface area contributed by atoms with Crippen molar-refractivity contribution in [3.05, 3.63) is 74.7 Å². The number of hydrogen-bond donors (Lipinski definition) is 2. The molecule has 2 heterocycles. The number of halogens is 2. The van der Waals surface area contributed by atoms with Gasteiger partial charge in [0.2, 0.25) is 0 Å². The zero-order valence-electron chi connectivity index (χ0n) is 21.4. The van der Waals surface area contributed by atoms with E-state index in [9.17, 15) is 19.5 Å². The molecule has 2 aromatic heterocycles. The molecule has 0 radical (unpaired) electrons. The molecule has 0 aliphatic rings. The number of esters is 1. The molecule has 2 N–H and O–H groups in total. The lowest BCUT2D eigenvalue weighted by atomic mass is 10.0. The molecule has 2 aromatic carbocycles. The quantitative estimate of drug-likeness (QED) is 0.195. The molecule has 0 bridgehead atoms. The van der Waals surface area contributed by atoms with Crippen LogP contribution in [-0.4, -0.2) is 45.7 Å². The highest BCUT2D eigenvalue weighted by Gasteiger charge is 2.24. The predicted molar refractivity (Wildman–Crippen MR) is 150 cm³/mol. The molecule has 0 saturated carbocycles. The van der Waals surface area contributed by atoms with E-state index in [-0.39, 0.29) is 36.1 Å². The van der Waals surface area contributed by atoms with Gasteiger partial charge in [-0.15, -0.1) is 0 Å². The minimum atomic E-state index is -1.05.